The molecule has 2 aromatic carbocycles. The van der Waals surface area contributed by atoms with E-state index >= 15 is 0 Å². The molecule has 0 spiro atoms. The van der Waals surface area contributed by atoms with E-state index in [9.17, 15) is 4.79 Å². The fourth-order valence-electron chi connectivity index (χ4n) is 3.24. The van der Waals surface area contributed by atoms with Crippen molar-refractivity contribution in [1.82, 2.24) is 4.90 Å². The molecule has 3 rings (SSSR count). The highest BCUT2D eigenvalue weighted by Crippen LogP contribution is 2.34. The molecule has 6 heteroatoms. The fourth-order valence-corrected chi connectivity index (χ4v) is 4.19. The molecule has 0 bridgehead atoms. The van der Waals surface area contributed by atoms with Gasteiger partial charge in [0, 0.05) is 18.0 Å². The number of thioether (sulfide) groups is 1. The minimum Gasteiger partial charge on any atom is -0.497 e. The van der Waals surface area contributed by atoms with Crippen LogP contribution in [0.4, 0.5) is 0 Å². The Morgan fingerprint density at radius 2 is 1.63 bits per heavy atom. The normalized spacial score (nSPS) is 14.3. The minimum absolute atomic E-state index is 0.149. The van der Waals surface area contributed by atoms with Crippen LogP contribution in [-0.4, -0.2) is 43.9 Å². The van der Waals surface area contributed by atoms with Gasteiger partial charge < -0.3 is 19.1 Å². The zero-order chi connectivity index (χ0) is 19.4. The minimum atomic E-state index is -0.153. The molecule has 0 N–H and O–H groups in total. The van der Waals surface area contributed by atoms with E-state index in [-0.39, 0.29) is 11.2 Å². The van der Waals surface area contributed by atoms with Crippen molar-refractivity contribution in [2.24, 2.45) is 0 Å². The molecule has 144 valence electrons. The predicted molar refractivity (Wildman–Crippen MR) is 107 cm³/mol. The van der Waals surface area contributed by atoms with E-state index in [1.54, 1.807) is 33.1 Å². The second-order valence-electron chi connectivity index (χ2n) is 6.42. The van der Waals surface area contributed by atoms with Gasteiger partial charge in [-0.05, 0) is 60.9 Å². The lowest BCUT2D eigenvalue weighted by Crippen LogP contribution is -2.40. The van der Waals surface area contributed by atoms with Gasteiger partial charge in [0.2, 0.25) is 5.91 Å². The molecule has 0 aromatic heterocycles. The highest BCUT2D eigenvalue weighted by Gasteiger charge is 2.26. The summed E-state index contributed by atoms with van der Waals surface area (Å²) in [6, 6.07) is 11.8. The van der Waals surface area contributed by atoms with Crippen molar-refractivity contribution in [1.29, 1.82) is 0 Å². The maximum atomic E-state index is 12.9. The number of hydrogen-bond acceptors (Lipinski definition) is 5. The molecule has 5 nitrogen and oxygen atoms in total. The number of hydrogen-bond donors (Lipinski definition) is 0. The second kappa shape index (κ2) is 8.57. The van der Waals surface area contributed by atoms with Gasteiger partial charge in [-0.3, -0.25) is 4.79 Å². The smallest absolute Gasteiger partial charge is 0.236 e. The summed E-state index contributed by atoms with van der Waals surface area (Å²) in [7, 11) is 4.91. The van der Waals surface area contributed by atoms with Crippen molar-refractivity contribution in [3.8, 4) is 17.2 Å². The summed E-state index contributed by atoms with van der Waals surface area (Å²) < 4.78 is 16.0. The van der Waals surface area contributed by atoms with Crippen LogP contribution < -0.4 is 14.2 Å². The van der Waals surface area contributed by atoms with Crippen LogP contribution in [0.15, 0.2) is 41.3 Å². The Bertz CT molecular complexity index is 807. The quantitative estimate of drug-likeness (QED) is 0.706. The second-order valence-corrected chi connectivity index (χ2v) is 7.84. The predicted octanol–water partition coefficient (Wildman–Crippen LogP) is 3.78. The lowest BCUT2D eigenvalue weighted by molar-refractivity contribution is -0.131. The van der Waals surface area contributed by atoms with E-state index in [0.717, 1.165) is 34.9 Å². The lowest BCUT2D eigenvalue weighted by Gasteiger charge is -2.31. The summed E-state index contributed by atoms with van der Waals surface area (Å²) in [5.74, 6) is 2.40. The van der Waals surface area contributed by atoms with E-state index in [1.165, 1.54) is 5.56 Å². The van der Waals surface area contributed by atoms with Crippen molar-refractivity contribution < 1.29 is 19.0 Å². The first kappa shape index (κ1) is 19.4. The standard InChI is InChI=1S/C21H25NO4S/c1-14(27-18-7-5-17(24-2)6-8-18)21(23)22-10-9-15-11-19(25-3)20(26-4)12-16(15)13-22/h5-8,11-12,14H,9-10,13H2,1-4H3. The van der Waals surface area contributed by atoms with Crippen molar-refractivity contribution in [3.63, 3.8) is 0 Å². The van der Waals surface area contributed by atoms with Crippen molar-refractivity contribution in [2.75, 3.05) is 27.9 Å². The molecular formula is C21H25NO4S. The molecule has 2 aromatic rings. The van der Waals surface area contributed by atoms with Gasteiger partial charge in [0.05, 0.1) is 26.6 Å². The van der Waals surface area contributed by atoms with Crippen LogP contribution in [0, 0.1) is 0 Å². The van der Waals surface area contributed by atoms with Crippen molar-refractivity contribution >= 4 is 17.7 Å². The van der Waals surface area contributed by atoms with E-state index in [4.69, 9.17) is 14.2 Å². The zero-order valence-electron chi connectivity index (χ0n) is 16.2. The molecule has 0 fully saturated rings. The van der Waals surface area contributed by atoms with Crippen LogP contribution in [0.3, 0.4) is 0 Å². The molecule has 1 heterocycles. The summed E-state index contributed by atoms with van der Waals surface area (Å²) in [6.07, 6.45) is 0.821. The molecule has 1 atom stereocenters. The molecule has 0 aliphatic carbocycles. The van der Waals surface area contributed by atoms with Gasteiger partial charge in [0.1, 0.15) is 5.75 Å². The Morgan fingerprint density at radius 3 is 2.22 bits per heavy atom. The maximum Gasteiger partial charge on any atom is 0.236 e. The number of carbonyl (C=O) groups excluding carboxylic acids is 1. The summed E-state index contributed by atoms with van der Waals surface area (Å²) in [4.78, 5) is 15.9. The first-order valence-corrected chi connectivity index (χ1v) is 9.77. The number of amides is 1. The molecule has 0 radical (unpaired) electrons. The number of carbonyl (C=O) groups is 1. The van der Waals surface area contributed by atoms with Gasteiger partial charge >= 0.3 is 0 Å². The van der Waals surface area contributed by atoms with Crippen LogP contribution in [0.2, 0.25) is 0 Å². The van der Waals surface area contributed by atoms with Gasteiger partial charge in [-0.1, -0.05) is 0 Å². The fraction of sp³-hybridized carbons (Fsp3) is 0.381. The van der Waals surface area contributed by atoms with Crippen molar-refractivity contribution in [3.05, 3.63) is 47.5 Å². The lowest BCUT2D eigenvalue weighted by atomic mass is 9.98. The first-order valence-electron chi connectivity index (χ1n) is 8.89. The van der Waals surface area contributed by atoms with Gasteiger partial charge in [-0.2, -0.15) is 0 Å². The molecule has 1 unspecified atom stereocenters. The van der Waals surface area contributed by atoms with Crippen LogP contribution in [0.1, 0.15) is 18.1 Å². The van der Waals surface area contributed by atoms with Gasteiger partial charge in [0.25, 0.3) is 0 Å². The average molecular weight is 388 g/mol. The molecule has 1 aliphatic rings. The number of fused-ring (bicyclic) bond motifs is 1. The topological polar surface area (TPSA) is 48.0 Å². The van der Waals surface area contributed by atoms with E-state index in [0.29, 0.717) is 12.3 Å². The van der Waals surface area contributed by atoms with Crippen LogP contribution >= 0.6 is 11.8 Å². The van der Waals surface area contributed by atoms with Gasteiger partial charge in [0.15, 0.2) is 11.5 Å². The number of rotatable bonds is 6. The van der Waals surface area contributed by atoms with E-state index < -0.39 is 0 Å². The molecule has 1 amide bonds. The number of methoxy groups -OCH3 is 3. The average Bonchev–Trinajstić information content (AvgIpc) is 2.72. The maximum absolute atomic E-state index is 12.9. The molecule has 1 aliphatic heterocycles. The van der Waals surface area contributed by atoms with Crippen LogP contribution in [0.5, 0.6) is 17.2 Å². The summed E-state index contributed by atoms with van der Waals surface area (Å²) in [5, 5.41) is -0.153. The number of nitrogens with zero attached hydrogens (tertiary/aromatic N) is 1. The third kappa shape index (κ3) is 4.33. The summed E-state index contributed by atoms with van der Waals surface area (Å²) >= 11 is 1.57. The largest absolute Gasteiger partial charge is 0.497 e. The molecular weight excluding hydrogens is 362 g/mol. The van der Waals surface area contributed by atoms with Gasteiger partial charge in [-0.15, -0.1) is 11.8 Å². The number of ether oxygens (including phenoxy) is 3. The highest BCUT2D eigenvalue weighted by molar-refractivity contribution is 8.00. The zero-order valence-corrected chi connectivity index (χ0v) is 17.0. The summed E-state index contributed by atoms with van der Waals surface area (Å²) in [6.45, 7) is 3.28. The Hall–Kier alpha value is -2.34. The molecule has 27 heavy (non-hydrogen) atoms. The Kier molecular flexibility index (Phi) is 6.16. The molecule has 0 saturated carbocycles. The Labute approximate surface area is 164 Å². The van der Waals surface area contributed by atoms with E-state index in [2.05, 4.69) is 0 Å². The Balaban J connectivity index is 1.69. The number of benzene rings is 2. The highest BCUT2D eigenvalue weighted by atomic mass is 32.2. The third-order valence-electron chi connectivity index (χ3n) is 4.75. The Morgan fingerprint density at radius 1 is 1.00 bits per heavy atom. The van der Waals surface area contributed by atoms with Gasteiger partial charge in [-0.25, -0.2) is 0 Å². The summed E-state index contributed by atoms with van der Waals surface area (Å²) in [5.41, 5.74) is 2.33. The van der Waals surface area contributed by atoms with Crippen LogP contribution in [-0.2, 0) is 17.8 Å². The first-order chi connectivity index (χ1) is 13.0. The van der Waals surface area contributed by atoms with E-state index in [1.807, 2.05) is 48.2 Å². The third-order valence-corrected chi connectivity index (χ3v) is 5.85. The molecule has 0 saturated heterocycles. The monoisotopic (exact) mass is 387 g/mol. The van der Waals surface area contributed by atoms with Crippen molar-refractivity contribution in [2.45, 2.75) is 30.0 Å². The van der Waals surface area contributed by atoms with Crippen LogP contribution in [0.25, 0.3) is 0 Å². The SMILES string of the molecule is COc1ccc(SC(C)C(=O)N2CCc3cc(OC)c(OC)cc3C2)cc1.